The van der Waals surface area contributed by atoms with Gasteiger partial charge in [0.1, 0.15) is 5.76 Å². The fourth-order valence-corrected chi connectivity index (χ4v) is 2.82. The van der Waals surface area contributed by atoms with Crippen LogP contribution < -0.4 is 5.32 Å². The van der Waals surface area contributed by atoms with E-state index in [1.807, 2.05) is 12.1 Å². The summed E-state index contributed by atoms with van der Waals surface area (Å²) in [6.45, 7) is 2.54. The van der Waals surface area contributed by atoms with E-state index in [0.717, 1.165) is 18.8 Å². The first-order chi connectivity index (χ1) is 10.8. The van der Waals surface area contributed by atoms with E-state index in [9.17, 15) is 10.1 Å². The van der Waals surface area contributed by atoms with Crippen LogP contribution in [0, 0.1) is 10.1 Å². The Morgan fingerprint density at radius 2 is 2.18 bits per heavy atom. The van der Waals surface area contributed by atoms with Crippen LogP contribution in [0.3, 0.4) is 0 Å². The number of aromatic nitrogens is 1. The number of rotatable bonds is 6. The van der Waals surface area contributed by atoms with Crippen LogP contribution in [0.25, 0.3) is 0 Å². The zero-order chi connectivity index (χ0) is 15.4. The van der Waals surface area contributed by atoms with Crippen molar-refractivity contribution in [1.29, 1.82) is 0 Å². The molecule has 3 rings (SSSR count). The number of pyridine rings is 1. The van der Waals surface area contributed by atoms with Crippen molar-refractivity contribution in [3.05, 3.63) is 52.6 Å². The van der Waals surface area contributed by atoms with E-state index < -0.39 is 4.92 Å². The molecule has 0 saturated carbocycles. The topological polar surface area (TPSA) is 84.4 Å². The van der Waals surface area contributed by atoms with Gasteiger partial charge in [0.05, 0.1) is 17.2 Å². The lowest BCUT2D eigenvalue weighted by Crippen LogP contribution is -2.31. The van der Waals surface area contributed by atoms with Crippen molar-refractivity contribution in [2.24, 2.45) is 0 Å². The van der Waals surface area contributed by atoms with Crippen molar-refractivity contribution < 1.29 is 9.34 Å². The second kappa shape index (κ2) is 6.57. The van der Waals surface area contributed by atoms with E-state index in [1.54, 1.807) is 18.5 Å². The molecule has 7 heteroatoms. The fourth-order valence-electron chi connectivity index (χ4n) is 2.82. The third-order valence-corrected chi connectivity index (χ3v) is 3.90. The molecular formula is C15H18N4O3. The highest BCUT2D eigenvalue weighted by molar-refractivity contribution is 5.55. The minimum atomic E-state index is -0.424. The van der Waals surface area contributed by atoms with Gasteiger partial charge in [-0.3, -0.25) is 15.0 Å². The maximum Gasteiger partial charge on any atom is 0.311 e. The average Bonchev–Trinajstić information content (AvgIpc) is 3.21. The molecule has 2 aromatic rings. The first-order valence-electron chi connectivity index (χ1n) is 7.36. The van der Waals surface area contributed by atoms with Crippen LogP contribution in [-0.2, 0) is 0 Å². The Hall–Kier alpha value is -2.41. The van der Waals surface area contributed by atoms with E-state index in [2.05, 4.69) is 15.2 Å². The lowest BCUT2D eigenvalue weighted by atomic mass is 10.2. The third-order valence-electron chi connectivity index (χ3n) is 3.90. The summed E-state index contributed by atoms with van der Waals surface area (Å²) in [6, 6.07) is 6.87. The largest absolute Gasteiger partial charge is 0.468 e. The molecule has 0 bridgehead atoms. The molecule has 1 N–H and O–H groups in total. The van der Waals surface area contributed by atoms with Crippen LogP contribution in [-0.4, -0.2) is 34.4 Å². The zero-order valence-electron chi connectivity index (χ0n) is 12.1. The van der Waals surface area contributed by atoms with Gasteiger partial charge in [0.25, 0.3) is 0 Å². The number of nitro groups is 1. The zero-order valence-corrected chi connectivity index (χ0v) is 12.1. The molecule has 3 heterocycles. The van der Waals surface area contributed by atoms with E-state index >= 15 is 0 Å². The lowest BCUT2D eigenvalue weighted by Gasteiger charge is -2.26. The summed E-state index contributed by atoms with van der Waals surface area (Å²) in [6.07, 6.45) is 5.54. The summed E-state index contributed by atoms with van der Waals surface area (Å²) in [5.74, 6) is 1.16. The predicted octanol–water partition coefficient (Wildman–Crippen LogP) is 2.83. The molecule has 1 aliphatic heterocycles. The van der Waals surface area contributed by atoms with Crippen molar-refractivity contribution in [2.45, 2.75) is 18.9 Å². The van der Waals surface area contributed by atoms with Crippen molar-refractivity contribution in [2.75, 3.05) is 25.0 Å². The molecule has 0 unspecified atom stereocenters. The van der Waals surface area contributed by atoms with Crippen molar-refractivity contribution in [3.8, 4) is 0 Å². The first kappa shape index (κ1) is 14.5. The highest BCUT2D eigenvalue weighted by atomic mass is 16.6. The van der Waals surface area contributed by atoms with Crippen molar-refractivity contribution in [3.63, 3.8) is 0 Å². The molecule has 1 saturated heterocycles. The molecule has 2 aromatic heterocycles. The number of hydrogen-bond donors (Lipinski definition) is 1. The van der Waals surface area contributed by atoms with Gasteiger partial charge in [-0.15, -0.1) is 0 Å². The molecule has 7 nitrogen and oxygen atoms in total. The minimum absolute atomic E-state index is 0.0119. The summed E-state index contributed by atoms with van der Waals surface area (Å²) in [4.78, 5) is 17.0. The van der Waals surface area contributed by atoms with Crippen molar-refractivity contribution in [1.82, 2.24) is 9.88 Å². The molecule has 0 spiro atoms. The normalized spacial score (nSPS) is 16.5. The Kier molecular flexibility index (Phi) is 4.34. The highest BCUT2D eigenvalue weighted by Crippen LogP contribution is 2.27. The van der Waals surface area contributed by atoms with Crippen molar-refractivity contribution >= 4 is 11.5 Å². The Morgan fingerprint density at radius 3 is 2.86 bits per heavy atom. The molecule has 0 aromatic carbocycles. The van der Waals surface area contributed by atoms with E-state index in [0.29, 0.717) is 12.4 Å². The van der Waals surface area contributed by atoms with Gasteiger partial charge in [0.2, 0.25) is 5.82 Å². The summed E-state index contributed by atoms with van der Waals surface area (Å²) in [5.41, 5.74) is -0.0119. The molecule has 1 fully saturated rings. The number of furan rings is 1. The summed E-state index contributed by atoms with van der Waals surface area (Å²) in [5, 5.41) is 14.2. The molecule has 1 atom stereocenters. The molecule has 22 heavy (non-hydrogen) atoms. The summed E-state index contributed by atoms with van der Waals surface area (Å²) in [7, 11) is 0. The van der Waals surface area contributed by atoms with Gasteiger partial charge >= 0.3 is 5.69 Å². The quantitative estimate of drug-likeness (QED) is 0.652. The Morgan fingerprint density at radius 1 is 1.36 bits per heavy atom. The smallest absolute Gasteiger partial charge is 0.311 e. The lowest BCUT2D eigenvalue weighted by molar-refractivity contribution is -0.384. The van der Waals surface area contributed by atoms with Crippen LogP contribution >= 0.6 is 0 Å². The summed E-state index contributed by atoms with van der Waals surface area (Å²) >= 11 is 0. The Labute approximate surface area is 128 Å². The second-order valence-electron chi connectivity index (χ2n) is 5.28. The SMILES string of the molecule is O=[N+]([O-])c1cccnc1NC[C@H](c1ccco1)N1CCCC1. The third kappa shape index (κ3) is 3.09. The Balaban J connectivity index is 1.76. The van der Waals surface area contributed by atoms with Gasteiger partial charge in [0, 0.05) is 18.8 Å². The standard InChI is InChI=1S/C15H18N4O3/c20-19(21)12-5-3-7-16-15(12)17-11-13(14-6-4-10-22-14)18-8-1-2-9-18/h3-7,10,13H,1-2,8-9,11H2,(H,16,17)/t13-/m1/s1. The molecule has 1 aliphatic rings. The average molecular weight is 302 g/mol. The van der Waals surface area contributed by atoms with Gasteiger partial charge in [-0.05, 0) is 44.1 Å². The second-order valence-corrected chi connectivity index (χ2v) is 5.28. The Bertz CT molecular complexity index is 623. The van der Waals surface area contributed by atoms with Gasteiger partial charge in [0.15, 0.2) is 0 Å². The monoisotopic (exact) mass is 302 g/mol. The van der Waals surface area contributed by atoms with Crippen LogP contribution in [0.1, 0.15) is 24.6 Å². The number of likely N-dealkylation sites (tertiary alicyclic amines) is 1. The molecule has 0 amide bonds. The van der Waals surface area contributed by atoms with Gasteiger partial charge in [-0.2, -0.15) is 0 Å². The minimum Gasteiger partial charge on any atom is -0.468 e. The molecular weight excluding hydrogens is 284 g/mol. The molecule has 116 valence electrons. The highest BCUT2D eigenvalue weighted by Gasteiger charge is 2.26. The van der Waals surface area contributed by atoms with E-state index in [1.165, 1.54) is 18.9 Å². The van der Waals surface area contributed by atoms with E-state index in [4.69, 9.17) is 4.42 Å². The number of anilines is 1. The first-order valence-corrected chi connectivity index (χ1v) is 7.36. The van der Waals surface area contributed by atoms with Crippen LogP contribution in [0.15, 0.2) is 41.1 Å². The maximum atomic E-state index is 11.0. The number of nitrogens with one attached hydrogen (secondary N) is 1. The van der Waals surface area contributed by atoms with Gasteiger partial charge < -0.3 is 9.73 Å². The maximum absolute atomic E-state index is 11.0. The van der Waals surface area contributed by atoms with Crippen LogP contribution in [0.2, 0.25) is 0 Å². The predicted molar refractivity (Wildman–Crippen MR) is 81.6 cm³/mol. The van der Waals surface area contributed by atoms with Crippen LogP contribution in [0.4, 0.5) is 11.5 Å². The number of nitrogens with zero attached hydrogens (tertiary/aromatic N) is 3. The van der Waals surface area contributed by atoms with Crippen LogP contribution in [0.5, 0.6) is 0 Å². The van der Waals surface area contributed by atoms with Gasteiger partial charge in [-0.1, -0.05) is 0 Å². The fraction of sp³-hybridized carbons (Fsp3) is 0.400. The van der Waals surface area contributed by atoms with Gasteiger partial charge in [-0.25, -0.2) is 4.98 Å². The summed E-state index contributed by atoms with van der Waals surface area (Å²) < 4.78 is 5.54. The van der Waals surface area contributed by atoms with E-state index in [-0.39, 0.29) is 11.7 Å². The molecule has 0 radical (unpaired) electrons. The number of hydrogen-bond acceptors (Lipinski definition) is 6. The molecule has 0 aliphatic carbocycles.